The predicted molar refractivity (Wildman–Crippen MR) is 411 cm³/mol. The number of phenols is 1. The van der Waals surface area contributed by atoms with E-state index in [0.717, 1.165) is 55.3 Å². The third-order valence-corrected chi connectivity index (χ3v) is 26.5. The molecule has 7 fully saturated rings. The topological polar surface area (TPSA) is 308 Å². The van der Waals surface area contributed by atoms with Crippen molar-refractivity contribution in [3.8, 4) is 16.4 Å². The molecule has 4 saturated carbocycles. The number of carboxylic acids is 2. The van der Waals surface area contributed by atoms with Gasteiger partial charge in [0.1, 0.15) is 23.2 Å². The normalized spacial score (nSPS) is 24.0. The number of nitrogens with zero attached hydrogens (tertiary/aromatic N) is 1. The molecule has 0 radical (unpaired) electrons. The van der Waals surface area contributed by atoms with Crippen LogP contribution in [0.2, 0.25) is 0 Å². The molecule has 2 N–H and O–H groups in total. The van der Waals surface area contributed by atoms with Gasteiger partial charge in [-0.05, 0) is 249 Å². The van der Waals surface area contributed by atoms with E-state index in [2.05, 4.69) is 102 Å². The van der Waals surface area contributed by atoms with Gasteiger partial charge in [0.05, 0.1) is 60.9 Å². The van der Waals surface area contributed by atoms with E-state index in [1.165, 1.54) is 101 Å². The van der Waals surface area contributed by atoms with E-state index in [1.54, 1.807) is 32.9 Å². The number of carbonyl (C=O) groups excluding carboxylic acids is 6. The molecule has 13 rings (SSSR count). The van der Waals surface area contributed by atoms with Gasteiger partial charge in [-0.2, -0.15) is 13.2 Å². The van der Waals surface area contributed by atoms with Crippen molar-refractivity contribution in [2.45, 2.75) is 230 Å². The molecule has 26 heteroatoms. The first-order valence-corrected chi connectivity index (χ1v) is 40.5. The second-order valence-electron chi connectivity index (χ2n) is 32.5. The number of benzene rings is 4. The fourth-order valence-electron chi connectivity index (χ4n) is 14.6. The zero-order chi connectivity index (χ0) is 81.2. The number of aliphatic carboxylic acids is 1. The van der Waals surface area contributed by atoms with Gasteiger partial charge in [-0.25, -0.2) is 8.42 Å². The molecule has 0 amide bonds. The SMILES string of the molecule is CCC(C)(C)C(=O)O.CCC(C)(C)C(=O)OC(CS(=O)(=O)[O-])C(F)(F)F.CCC(C)(C)C(=O)OC1(CC)CC2CC1C1C3CCC(C3)C21.CCC(C)(C)C(=O)OC1C2CC3C(=O)OC1C3O2.CCC(C)(C)C(=O)Oc1ccc(O)cc1.O=C([O-])c1ccncc1.[Mg+2].c1ccc(-[s+]2c3ccccc3c3ccccc32)cc1. The molecular formula is C84H109F3MgNO19S2+. The van der Waals surface area contributed by atoms with Gasteiger partial charge in [0.15, 0.2) is 26.5 Å². The minimum atomic E-state index is -5.15. The number of carbonyl (C=O) groups is 7. The molecule has 20 nitrogen and oxygen atoms in total. The number of halogens is 3. The Morgan fingerprint density at radius 2 is 1.12 bits per heavy atom. The molecular weight excluding hydrogens is 1470 g/mol. The molecule has 598 valence electrons. The molecule has 13 unspecified atom stereocenters. The van der Waals surface area contributed by atoms with Crippen molar-refractivity contribution in [3.63, 3.8) is 0 Å². The summed E-state index contributed by atoms with van der Waals surface area (Å²) >= 11 is 0. The number of hydrogen-bond donors (Lipinski definition) is 2. The third-order valence-electron chi connectivity index (χ3n) is 23.4. The van der Waals surface area contributed by atoms with Gasteiger partial charge in [-0.15, -0.1) is 0 Å². The van der Waals surface area contributed by atoms with Gasteiger partial charge in [-0.3, -0.25) is 33.8 Å². The summed E-state index contributed by atoms with van der Waals surface area (Å²) in [4.78, 5) is 84.8. The van der Waals surface area contributed by atoms with Crippen molar-refractivity contribution < 1.29 is 103 Å². The van der Waals surface area contributed by atoms with Crippen LogP contribution in [0.15, 0.2) is 128 Å². The van der Waals surface area contributed by atoms with Gasteiger partial charge < -0.3 is 53.1 Å². The molecule has 110 heavy (non-hydrogen) atoms. The molecule has 5 heterocycles. The van der Waals surface area contributed by atoms with Crippen LogP contribution in [0.25, 0.3) is 25.1 Å². The molecule has 13 atom stereocenters. The fourth-order valence-corrected chi connectivity index (χ4v) is 17.6. The van der Waals surface area contributed by atoms with Crippen LogP contribution in [0.5, 0.6) is 11.5 Å². The Balaban J connectivity index is 0.000000204. The number of aromatic carboxylic acids is 1. The predicted octanol–water partition coefficient (Wildman–Crippen LogP) is 16.3. The van der Waals surface area contributed by atoms with Crippen LogP contribution in [-0.2, 0) is 62.6 Å². The minimum absolute atomic E-state index is 0. The monoisotopic (exact) mass is 1580 g/mol. The molecule has 3 aliphatic heterocycles. The van der Waals surface area contributed by atoms with Crippen LogP contribution >= 0.6 is 10.5 Å². The number of fused-ring (bicyclic) bond motifs is 13. The maximum atomic E-state index is 12.7. The molecule has 0 spiro atoms. The first kappa shape index (κ1) is 91.6. The van der Waals surface area contributed by atoms with E-state index in [1.807, 2.05) is 62.3 Å². The standard InChI is InChI=1S/C20H32O2.C18H13S.C13H18O5.C12H16O3.C9H15F3O5S.C6H5NO2.C6H12O2.Mg/c1-5-19(3,4)18(21)22-20(6-2)11-14-10-15(20)17-13-8-7-12(9-13)16(14)17;1-2-8-14(9-3-1)19-17-12-6-4-10-15(17)16-11-5-7-13-18(16)19;1-4-13(2,3)12(15)18-9-7-5-6-8(16-7)10(9)17-11(6)14;1-4-12(2,3)11(14)15-10-7-5-9(13)6-8-10;1-4-8(2,3)7(13)17-6(9(10,11)12)5-18(14,15)16;8-6(9)5-1-3-7-4-2-5;1-4-6(2,3)5(7)8;/h12-17H,5-11H2,1-4H3;1-13H;6-10H,4-5H2,1-3H3;5-8,13H,4H2,1-3H3;6H,4-5H2,1-3H3,(H,14,15,16);1-4H,(H,8,9);4H2,1-3H3,(H,7,8);/q;+1;;;;;;+2/p-2. The number of carboxylic acid groups (broad SMARTS) is 2. The number of thiophene rings is 1. The average molecular weight is 1580 g/mol. The van der Waals surface area contributed by atoms with Crippen LogP contribution in [0.1, 0.15) is 198 Å². The van der Waals surface area contributed by atoms with Crippen LogP contribution in [0.3, 0.4) is 0 Å². The molecule has 4 aromatic carbocycles. The summed E-state index contributed by atoms with van der Waals surface area (Å²) < 4.78 is 103. The maximum Gasteiger partial charge on any atom is 2.00 e. The number of aromatic hydroxyl groups is 1. The molecule has 4 aliphatic carbocycles. The van der Waals surface area contributed by atoms with Crippen LogP contribution < -0.4 is 9.84 Å². The van der Waals surface area contributed by atoms with Crippen molar-refractivity contribution >= 4 is 106 Å². The van der Waals surface area contributed by atoms with E-state index >= 15 is 0 Å². The number of aromatic nitrogens is 1. The average Bonchev–Trinajstić information content (AvgIpc) is 1.53. The summed E-state index contributed by atoms with van der Waals surface area (Å²) in [7, 11) is -5.09. The Kier molecular flexibility index (Phi) is 31.3. The molecule has 7 aliphatic rings. The quantitative estimate of drug-likeness (QED) is 0.0145. The minimum Gasteiger partial charge on any atom is -0.748 e. The van der Waals surface area contributed by atoms with Crippen LogP contribution in [0.4, 0.5) is 13.2 Å². The van der Waals surface area contributed by atoms with Crippen molar-refractivity contribution in [1.82, 2.24) is 4.98 Å². The smallest absolute Gasteiger partial charge is 0.748 e. The molecule has 2 aromatic heterocycles. The number of hydrogen-bond acceptors (Lipinski definition) is 19. The van der Waals surface area contributed by atoms with Crippen molar-refractivity contribution in [2.75, 3.05) is 5.75 Å². The van der Waals surface area contributed by atoms with Crippen LogP contribution in [0, 0.1) is 68.5 Å². The Morgan fingerprint density at radius 3 is 1.59 bits per heavy atom. The largest absolute Gasteiger partial charge is 2.00 e. The zero-order valence-electron chi connectivity index (χ0n) is 66.2. The summed E-state index contributed by atoms with van der Waals surface area (Å²) in [6, 6.07) is 37.3. The number of esters is 5. The molecule has 6 aromatic rings. The Bertz CT molecular complexity index is 4190. The number of rotatable bonds is 19. The first-order chi connectivity index (χ1) is 50.9. The summed E-state index contributed by atoms with van der Waals surface area (Å²) in [5.41, 5.74) is -3.01. The first-order valence-electron chi connectivity index (χ1n) is 37.7. The van der Waals surface area contributed by atoms with Gasteiger partial charge >= 0.3 is 65.0 Å². The second kappa shape index (κ2) is 37.6. The number of alkyl halides is 3. The van der Waals surface area contributed by atoms with Crippen molar-refractivity contribution in [2.24, 2.45) is 68.5 Å². The summed E-state index contributed by atoms with van der Waals surface area (Å²) in [5, 5.41) is 30.3. The van der Waals surface area contributed by atoms with Gasteiger partial charge in [0.25, 0.3) is 0 Å². The van der Waals surface area contributed by atoms with Crippen LogP contribution in [-0.4, -0.2) is 141 Å². The summed E-state index contributed by atoms with van der Waals surface area (Å²) in [6.45, 7) is 29.3. The number of pyridine rings is 1. The van der Waals surface area contributed by atoms with E-state index in [9.17, 15) is 64.8 Å². The Hall–Kier alpha value is -7.23. The van der Waals surface area contributed by atoms with Gasteiger partial charge in [-0.1, -0.05) is 84.0 Å². The van der Waals surface area contributed by atoms with Gasteiger partial charge in [0.2, 0.25) is 6.10 Å². The Morgan fingerprint density at radius 1 is 0.627 bits per heavy atom. The van der Waals surface area contributed by atoms with E-state index in [-0.39, 0.29) is 104 Å². The summed E-state index contributed by atoms with van der Waals surface area (Å²) in [6.07, 6.45) is 5.32. The fraction of sp³-hybridized carbons (Fsp3) is 0.571. The molecule has 3 saturated heterocycles. The van der Waals surface area contributed by atoms with E-state index in [4.69, 9.17) is 33.9 Å². The number of phenolic OH excluding ortho intramolecular Hbond substituents is 1. The third kappa shape index (κ3) is 22.2. The van der Waals surface area contributed by atoms with E-state index < -0.39 is 79.9 Å². The van der Waals surface area contributed by atoms with Gasteiger partial charge in [0, 0.05) is 45.1 Å². The van der Waals surface area contributed by atoms with E-state index in [0.29, 0.717) is 30.9 Å². The molecule has 6 bridgehead atoms. The summed E-state index contributed by atoms with van der Waals surface area (Å²) in [5.74, 6) is 0.259. The maximum absolute atomic E-state index is 12.7. The second-order valence-corrected chi connectivity index (χ2v) is 35.9. The van der Waals surface area contributed by atoms with Crippen molar-refractivity contribution in [1.29, 1.82) is 0 Å². The zero-order valence-corrected chi connectivity index (χ0v) is 69.2. The van der Waals surface area contributed by atoms with Crippen molar-refractivity contribution in [3.05, 3.63) is 133 Å². The Labute approximate surface area is 663 Å². The number of ether oxygens (including phenoxy) is 6.